The first-order valence-corrected chi connectivity index (χ1v) is 7.02. The summed E-state index contributed by atoms with van der Waals surface area (Å²) in [5.41, 5.74) is 0.985. The highest BCUT2D eigenvalue weighted by molar-refractivity contribution is 6.47. The number of hydrogen-bond acceptors (Lipinski definition) is 2. The van der Waals surface area contributed by atoms with Crippen LogP contribution in [-0.4, -0.2) is 18.3 Å². The molecule has 5 heteroatoms. The molecule has 0 N–H and O–H groups in total. The molecule has 0 radical (unpaired) electrons. The summed E-state index contributed by atoms with van der Waals surface area (Å²) in [5, 5.41) is 0. The minimum atomic E-state index is -0.779. The second kappa shape index (κ2) is 4.28. The lowest BCUT2D eigenvalue weighted by atomic mass is 9.70. The Hall–Kier alpha value is -0.935. The van der Waals surface area contributed by atoms with Crippen LogP contribution < -0.4 is 0 Å². The van der Waals surface area contributed by atoms with Crippen molar-refractivity contribution in [3.63, 3.8) is 0 Å². The van der Waals surface area contributed by atoms with Gasteiger partial charge in [-0.1, -0.05) is 0 Å². The second-order valence-electron chi connectivity index (χ2n) is 6.83. The normalized spacial score (nSPS) is 24.2. The molecule has 0 saturated carbocycles. The zero-order valence-electron chi connectivity index (χ0n) is 12.3. The molecule has 3 rings (SSSR count). The van der Waals surface area contributed by atoms with E-state index in [0.29, 0.717) is 12.8 Å². The van der Waals surface area contributed by atoms with Crippen LogP contribution in [-0.2, 0) is 22.2 Å². The van der Waals surface area contributed by atoms with E-state index in [1.807, 2.05) is 27.7 Å². The number of hydrogen-bond donors (Lipinski definition) is 0. The molecule has 1 fully saturated rings. The molecule has 2 aliphatic rings. The molecule has 0 unspecified atom stereocenters. The van der Waals surface area contributed by atoms with Gasteiger partial charge in [-0.3, -0.25) is 0 Å². The van der Waals surface area contributed by atoms with Crippen molar-refractivity contribution < 1.29 is 18.1 Å². The molecular formula is C15H19BF2O2. The van der Waals surface area contributed by atoms with Crippen LogP contribution in [0.3, 0.4) is 0 Å². The Morgan fingerprint density at radius 3 is 1.75 bits per heavy atom. The number of fused-ring (bicyclic) bond motifs is 1. The Labute approximate surface area is 118 Å². The fourth-order valence-electron chi connectivity index (χ4n) is 2.92. The third-order valence-corrected chi connectivity index (χ3v) is 4.86. The Bertz CT molecular complexity index is 510. The molecule has 1 aromatic carbocycles. The van der Waals surface area contributed by atoms with E-state index in [-0.39, 0.29) is 24.1 Å². The monoisotopic (exact) mass is 280 g/mol. The van der Waals surface area contributed by atoms with Gasteiger partial charge in [0.15, 0.2) is 11.6 Å². The maximum Gasteiger partial charge on any atom is 0.461 e. The lowest BCUT2D eigenvalue weighted by Gasteiger charge is -2.32. The SMILES string of the molecule is CC1(C)OB(C2Cc3cc(F)c(F)cc3C2)OC1(C)C. The molecule has 1 aromatic rings. The van der Waals surface area contributed by atoms with E-state index in [0.717, 1.165) is 11.1 Å². The van der Waals surface area contributed by atoms with Crippen LogP contribution in [0.15, 0.2) is 12.1 Å². The molecule has 0 spiro atoms. The summed E-state index contributed by atoms with van der Waals surface area (Å²) in [7, 11) is -0.321. The number of benzene rings is 1. The molecule has 1 aliphatic heterocycles. The predicted molar refractivity (Wildman–Crippen MR) is 73.6 cm³/mol. The van der Waals surface area contributed by atoms with Gasteiger partial charge in [0.05, 0.1) is 11.2 Å². The fourth-order valence-corrected chi connectivity index (χ4v) is 2.92. The first kappa shape index (κ1) is 14.0. The molecule has 108 valence electrons. The van der Waals surface area contributed by atoms with E-state index in [1.165, 1.54) is 12.1 Å². The molecule has 1 saturated heterocycles. The summed E-state index contributed by atoms with van der Waals surface area (Å²) >= 11 is 0. The highest BCUT2D eigenvalue weighted by atomic mass is 19.2. The summed E-state index contributed by atoms with van der Waals surface area (Å²) in [6.45, 7) is 8.03. The molecule has 1 aliphatic carbocycles. The highest BCUT2D eigenvalue weighted by Gasteiger charge is 2.54. The van der Waals surface area contributed by atoms with Crippen molar-refractivity contribution in [2.45, 2.75) is 57.6 Å². The first-order chi connectivity index (χ1) is 9.19. The van der Waals surface area contributed by atoms with Crippen LogP contribution >= 0.6 is 0 Å². The van der Waals surface area contributed by atoms with Crippen molar-refractivity contribution in [1.82, 2.24) is 0 Å². The zero-order chi connectivity index (χ0) is 14.7. The molecule has 0 atom stereocenters. The van der Waals surface area contributed by atoms with Crippen LogP contribution in [0.1, 0.15) is 38.8 Å². The van der Waals surface area contributed by atoms with Crippen molar-refractivity contribution in [3.05, 3.63) is 34.9 Å². The number of halogens is 2. The minimum Gasteiger partial charge on any atom is -0.403 e. The molecular weight excluding hydrogens is 261 g/mol. The molecule has 20 heavy (non-hydrogen) atoms. The van der Waals surface area contributed by atoms with E-state index >= 15 is 0 Å². The third-order valence-electron chi connectivity index (χ3n) is 4.86. The van der Waals surface area contributed by atoms with Gasteiger partial charge < -0.3 is 9.31 Å². The van der Waals surface area contributed by atoms with Crippen molar-refractivity contribution in [2.75, 3.05) is 0 Å². The Morgan fingerprint density at radius 2 is 1.35 bits per heavy atom. The van der Waals surface area contributed by atoms with Gasteiger partial charge in [0.1, 0.15) is 0 Å². The van der Waals surface area contributed by atoms with Crippen LogP contribution in [0.25, 0.3) is 0 Å². The summed E-state index contributed by atoms with van der Waals surface area (Å²) < 4.78 is 38.6. The molecule has 2 nitrogen and oxygen atoms in total. The summed E-state index contributed by atoms with van der Waals surface area (Å²) in [6.07, 6.45) is 1.34. The highest BCUT2D eigenvalue weighted by Crippen LogP contribution is 2.44. The largest absolute Gasteiger partial charge is 0.461 e. The molecule has 0 aromatic heterocycles. The van der Waals surface area contributed by atoms with Gasteiger partial charge in [0.2, 0.25) is 0 Å². The third kappa shape index (κ3) is 2.08. The lowest BCUT2D eigenvalue weighted by Crippen LogP contribution is -2.41. The lowest BCUT2D eigenvalue weighted by molar-refractivity contribution is 0.00578. The number of rotatable bonds is 1. The van der Waals surface area contributed by atoms with Crippen LogP contribution in [0.4, 0.5) is 8.78 Å². The molecule has 0 amide bonds. The van der Waals surface area contributed by atoms with Gasteiger partial charge in [-0.15, -0.1) is 0 Å². The van der Waals surface area contributed by atoms with Crippen LogP contribution in [0.2, 0.25) is 5.82 Å². The average molecular weight is 280 g/mol. The quantitative estimate of drug-likeness (QED) is 0.733. The van der Waals surface area contributed by atoms with Gasteiger partial charge in [0.25, 0.3) is 0 Å². The van der Waals surface area contributed by atoms with Crippen LogP contribution in [0.5, 0.6) is 0 Å². The Morgan fingerprint density at radius 1 is 0.950 bits per heavy atom. The van der Waals surface area contributed by atoms with Gasteiger partial charge in [-0.05, 0) is 63.8 Å². The second-order valence-corrected chi connectivity index (χ2v) is 6.83. The van der Waals surface area contributed by atoms with Gasteiger partial charge >= 0.3 is 7.12 Å². The van der Waals surface area contributed by atoms with E-state index in [2.05, 4.69) is 0 Å². The van der Waals surface area contributed by atoms with E-state index < -0.39 is 11.6 Å². The summed E-state index contributed by atoms with van der Waals surface area (Å²) in [5.74, 6) is -1.44. The van der Waals surface area contributed by atoms with Crippen LogP contribution in [0, 0.1) is 11.6 Å². The van der Waals surface area contributed by atoms with E-state index in [4.69, 9.17) is 9.31 Å². The maximum absolute atomic E-state index is 13.3. The smallest absolute Gasteiger partial charge is 0.403 e. The maximum atomic E-state index is 13.3. The summed E-state index contributed by atoms with van der Waals surface area (Å²) in [4.78, 5) is 0. The fraction of sp³-hybridized carbons (Fsp3) is 0.600. The van der Waals surface area contributed by atoms with Crippen molar-refractivity contribution >= 4 is 7.12 Å². The van der Waals surface area contributed by atoms with E-state index in [9.17, 15) is 8.78 Å². The minimum absolute atomic E-state index is 0.118. The van der Waals surface area contributed by atoms with Crippen molar-refractivity contribution in [2.24, 2.45) is 0 Å². The zero-order valence-corrected chi connectivity index (χ0v) is 12.3. The van der Waals surface area contributed by atoms with Gasteiger partial charge in [0, 0.05) is 5.82 Å². The molecule has 1 heterocycles. The topological polar surface area (TPSA) is 18.5 Å². The Balaban J connectivity index is 1.80. The van der Waals surface area contributed by atoms with Gasteiger partial charge in [-0.2, -0.15) is 0 Å². The molecule has 0 bridgehead atoms. The van der Waals surface area contributed by atoms with Gasteiger partial charge in [-0.25, -0.2) is 8.78 Å². The summed E-state index contributed by atoms with van der Waals surface area (Å²) in [6, 6.07) is 2.60. The van der Waals surface area contributed by atoms with E-state index in [1.54, 1.807) is 0 Å². The first-order valence-electron chi connectivity index (χ1n) is 7.02. The average Bonchev–Trinajstić information content (AvgIpc) is 2.79. The van der Waals surface area contributed by atoms with Crippen molar-refractivity contribution in [1.29, 1.82) is 0 Å². The standard InChI is InChI=1S/C15H19BF2O2/c1-14(2)15(3,4)20-16(19-14)11-5-9-7-12(17)13(18)8-10(9)6-11/h7-8,11H,5-6H2,1-4H3. The van der Waals surface area contributed by atoms with Crippen molar-refractivity contribution in [3.8, 4) is 0 Å². The predicted octanol–water partition coefficient (Wildman–Crippen LogP) is 3.53. The Kier molecular flexibility index (Phi) is 3.00.